The Morgan fingerprint density at radius 3 is 2.03 bits per heavy atom. The number of hydrogen-bond donors (Lipinski definition) is 0. The molecule has 1 unspecified atom stereocenters. The van der Waals surface area contributed by atoms with Crippen LogP contribution in [-0.4, -0.2) is 13.4 Å². The number of rotatable bonds is 12. The second kappa shape index (κ2) is 11.9. The average molecular weight is 457 g/mol. The smallest absolute Gasteiger partial charge is 0.201 e. The van der Waals surface area contributed by atoms with Crippen molar-refractivity contribution >= 4 is 0 Å². The van der Waals surface area contributed by atoms with Gasteiger partial charge in [0.1, 0.15) is 0 Å². The Labute approximate surface area is 204 Å². The normalized spacial score (nSPS) is 16.3. The van der Waals surface area contributed by atoms with Gasteiger partial charge in [-0.3, -0.25) is 0 Å². The van der Waals surface area contributed by atoms with E-state index in [9.17, 15) is 0 Å². The van der Waals surface area contributed by atoms with Gasteiger partial charge in [-0.05, 0) is 36.5 Å². The molecule has 0 fully saturated rings. The Kier molecular flexibility index (Phi) is 8.43. The zero-order chi connectivity index (χ0) is 23.6. The first-order valence-corrected chi connectivity index (χ1v) is 12.5. The zero-order valence-corrected chi connectivity index (χ0v) is 20.2. The lowest BCUT2D eigenvalue weighted by Gasteiger charge is -2.43. The van der Waals surface area contributed by atoms with Crippen molar-refractivity contribution in [3.05, 3.63) is 108 Å². The number of benzene rings is 3. The lowest BCUT2D eigenvalue weighted by Crippen LogP contribution is -2.43. The molecule has 0 spiro atoms. The monoisotopic (exact) mass is 456 g/mol. The first-order chi connectivity index (χ1) is 16.8. The summed E-state index contributed by atoms with van der Waals surface area (Å²) in [5, 5.41) is 0. The third-order valence-electron chi connectivity index (χ3n) is 6.59. The highest BCUT2D eigenvalue weighted by molar-refractivity contribution is 5.58. The molecule has 0 radical (unpaired) electrons. The van der Waals surface area contributed by atoms with Gasteiger partial charge in [0, 0.05) is 12.0 Å². The minimum absolute atomic E-state index is 0.357. The number of unbranched alkanes of at least 4 members (excludes halogenated alkanes) is 6. The predicted molar refractivity (Wildman–Crippen MR) is 138 cm³/mol. The average Bonchev–Trinajstić information content (AvgIpc) is 2.90. The van der Waals surface area contributed by atoms with E-state index in [1.165, 1.54) is 32.1 Å². The SMILES string of the molecule is C=CCCCCCCCCC1Oc2c(OC)cccc2C(c2ccccc2)(c2ccccc2)O1. The van der Waals surface area contributed by atoms with Gasteiger partial charge in [-0.15, -0.1) is 6.58 Å². The maximum atomic E-state index is 6.94. The summed E-state index contributed by atoms with van der Waals surface area (Å²) in [7, 11) is 1.70. The van der Waals surface area contributed by atoms with Crippen LogP contribution >= 0.6 is 0 Å². The van der Waals surface area contributed by atoms with Crippen molar-refractivity contribution in [3.63, 3.8) is 0 Å². The van der Waals surface area contributed by atoms with Crippen LogP contribution < -0.4 is 9.47 Å². The van der Waals surface area contributed by atoms with E-state index in [4.69, 9.17) is 14.2 Å². The molecular weight excluding hydrogens is 420 g/mol. The molecule has 3 heteroatoms. The topological polar surface area (TPSA) is 27.7 Å². The van der Waals surface area contributed by atoms with Crippen LogP contribution in [0.1, 0.15) is 68.1 Å². The Bertz CT molecular complexity index is 990. The van der Waals surface area contributed by atoms with E-state index in [1.54, 1.807) is 7.11 Å². The van der Waals surface area contributed by atoms with Crippen LogP contribution in [0.15, 0.2) is 91.5 Å². The minimum atomic E-state index is -0.764. The second-order valence-corrected chi connectivity index (χ2v) is 8.90. The van der Waals surface area contributed by atoms with Crippen molar-refractivity contribution in [2.45, 2.75) is 63.3 Å². The van der Waals surface area contributed by atoms with Gasteiger partial charge in [0.15, 0.2) is 17.1 Å². The number of hydrogen-bond acceptors (Lipinski definition) is 3. The standard InChI is InChI=1S/C31H36O3/c1-3-4-5-6-7-8-9-16-24-29-33-30-27(22-17-23-28(30)32-2)31(34-29,25-18-12-10-13-19-25)26-20-14-11-15-21-26/h3,10-15,17-23,29H,1,4-9,16,24H2,2H3. The number of ether oxygens (including phenoxy) is 3. The van der Waals surface area contributed by atoms with E-state index in [0.717, 1.165) is 47.5 Å². The quantitative estimate of drug-likeness (QED) is 0.204. The fraction of sp³-hybridized carbons (Fsp3) is 0.355. The molecule has 0 aromatic heterocycles. The van der Waals surface area contributed by atoms with Crippen LogP contribution in [0.25, 0.3) is 0 Å². The van der Waals surface area contributed by atoms with E-state index in [0.29, 0.717) is 0 Å². The summed E-state index contributed by atoms with van der Waals surface area (Å²) in [5.41, 5.74) is 2.39. The summed E-state index contributed by atoms with van der Waals surface area (Å²) in [4.78, 5) is 0. The molecule has 0 amide bonds. The van der Waals surface area contributed by atoms with Crippen molar-refractivity contribution in [2.75, 3.05) is 7.11 Å². The molecule has 1 aliphatic heterocycles. The first-order valence-electron chi connectivity index (χ1n) is 12.5. The molecule has 0 saturated heterocycles. The molecule has 1 heterocycles. The van der Waals surface area contributed by atoms with Crippen LogP contribution in [0.4, 0.5) is 0 Å². The van der Waals surface area contributed by atoms with Crippen LogP contribution in [0.5, 0.6) is 11.5 Å². The molecular formula is C31H36O3. The lowest BCUT2D eigenvalue weighted by molar-refractivity contribution is -0.167. The molecule has 34 heavy (non-hydrogen) atoms. The molecule has 3 aromatic rings. The fourth-order valence-corrected chi connectivity index (χ4v) is 4.88. The van der Waals surface area contributed by atoms with Crippen molar-refractivity contribution < 1.29 is 14.2 Å². The number of fused-ring (bicyclic) bond motifs is 1. The second-order valence-electron chi connectivity index (χ2n) is 8.90. The summed E-state index contributed by atoms with van der Waals surface area (Å²) in [6, 6.07) is 27.0. The number of methoxy groups -OCH3 is 1. The number of para-hydroxylation sites is 1. The van der Waals surface area contributed by atoms with Gasteiger partial charge in [0.2, 0.25) is 6.29 Å². The van der Waals surface area contributed by atoms with E-state index < -0.39 is 5.60 Å². The maximum absolute atomic E-state index is 6.94. The summed E-state index contributed by atoms with van der Waals surface area (Å²) in [6.45, 7) is 3.81. The highest BCUT2D eigenvalue weighted by Crippen LogP contribution is 2.51. The zero-order valence-electron chi connectivity index (χ0n) is 20.2. The number of allylic oxidation sites excluding steroid dienone is 1. The lowest BCUT2D eigenvalue weighted by atomic mass is 9.78. The molecule has 178 valence electrons. The molecule has 1 aliphatic rings. The molecule has 0 bridgehead atoms. The van der Waals surface area contributed by atoms with Gasteiger partial charge in [0.25, 0.3) is 0 Å². The van der Waals surface area contributed by atoms with Gasteiger partial charge < -0.3 is 14.2 Å². The summed E-state index contributed by atoms with van der Waals surface area (Å²) in [5.74, 6) is 1.52. The Morgan fingerprint density at radius 2 is 1.41 bits per heavy atom. The summed E-state index contributed by atoms with van der Waals surface area (Å²) >= 11 is 0. The van der Waals surface area contributed by atoms with Crippen LogP contribution in [0, 0.1) is 0 Å². The van der Waals surface area contributed by atoms with Crippen LogP contribution in [0.3, 0.4) is 0 Å². The Hall–Kier alpha value is -3.04. The van der Waals surface area contributed by atoms with E-state index in [1.807, 2.05) is 30.3 Å². The highest BCUT2D eigenvalue weighted by Gasteiger charge is 2.46. The summed E-state index contributed by atoms with van der Waals surface area (Å²) < 4.78 is 19.1. The highest BCUT2D eigenvalue weighted by atomic mass is 16.7. The Balaban J connectivity index is 1.62. The molecule has 0 aliphatic carbocycles. The fourth-order valence-electron chi connectivity index (χ4n) is 4.88. The van der Waals surface area contributed by atoms with Gasteiger partial charge in [-0.2, -0.15) is 0 Å². The van der Waals surface area contributed by atoms with Gasteiger partial charge >= 0.3 is 0 Å². The molecule has 3 nitrogen and oxygen atoms in total. The molecule has 4 rings (SSSR count). The third-order valence-corrected chi connectivity index (χ3v) is 6.59. The van der Waals surface area contributed by atoms with Crippen LogP contribution in [-0.2, 0) is 10.3 Å². The third kappa shape index (κ3) is 5.20. The summed E-state index contributed by atoms with van der Waals surface area (Å²) in [6.07, 6.45) is 10.9. The van der Waals surface area contributed by atoms with Crippen molar-refractivity contribution in [2.24, 2.45) is 0 Å². The van der Waals surface area contributed by atoms with Crippen LogP contribution in [0.2, 0.25) is 0 Å². The predicted octanol–water partition coefficient (Wildman–Crippen LogP) is 8.03. The van der Waals surface area contributed by atoms with Gasteiger partial charge in [0.05, 0.1) is 7.11 Å². The first kappa shape index (κ1) is 24.1. The molecule has 1 atom stereocenters. The van der Waals surface area contributed by atoms with E-state index >= 15 is 0 Å². The molecule has 3 aromatic carbocycles. The maximum Gasteiger partial charge on any atom is 0.201 e. The van der Waals surface area contributed by atoms with Crippen molar-refractivity contribution in [1.82, 2.24) is 0 Å². The molecule has 0 saturated carbocycles. The van der Waals surface area contributed by atoms with E-state index in [-0.39, 0.29) is 6.29 Å². The van der Waals surface area contributed by atoms with Crippen molar-refractivity contribution in [1.29, 1.82) is 0 Å². The molecule has 0 N–H and O–H groups in total. The minimum Gasteiger partial charge on any atom is -0.493 e. The van der Waals surface area contributed by atoms with Gasteiger partial charge in [-0.1, -0.05) is 105 Å². The van der Waals surface area contributed by atoms with Gasteiger partial charge in [-0.25, -0.2) is 0 Å². The van der Waals surface area contributed by atoms with E-state index in [2.05, 4.69) is 61.2 Å². The Morgan fingerprint density at radius 1 is 0.794 bits per heavy atom. The largest absolute Gasteiger partial charge is 0.493 e. The van der Waals surface area contributed by atoms with Crippen molar-refractivity contribution in [3.8, 4) is 11.5 Å².